The number of phenols is 1. The topological polar surface area (TPSA) is 99.5 Å². The number of rotatable bonds is 13. The van der Waals surface area contributed by atoms with E-state index in [-0.39, 0.29) is 22.8 Å². The number of ketones is 1. The second-order valence-electron chi connectivity index (χ2n) is 10.3. The van der Waals surface area contributed by atoms with Crippen molar-refractivity contribution in [3.05, 3.63) is 94.6 Å². The van der Waals surface area contributed by atoms with Crippen molar-refractivity contribution in [3.63, 3.8) is 0 Å². The second kappa shape index (κ2) is 14.0. The van der Waals surface area contributed by atoms with Gasteiger partial charge >= 0.3 is 0 Å². The molecule has 3 aromatic rings. The molecule has 0 bridgehead atoms. The summed E-state index contributed by atoms with van der Waals surface area (Å²) in [5, 5.41) is 21.7. The molecule has 0 spiro atoms. The number of aromatic hydroxyl groups is 1. The van der Waals surface area contributed by atoms with Crippen molar-refractivity contribution in [1.82, 2.24) is 9.80 Å². The van der Waals surface area contributed by atoms with Crippen molar-refractivity contribution in [3.8, 4) is 17.2 Å². The number of phenolic OH excluding ortho intramolecular Hbond substituents is 1. The van der Waals surface area contributed by atoms with Crippen molar-refractivity contribution in [1.29, 1.82) is 0 Å². The molecule has 8 heteroatoms. The fourth-order valence-electron chi connectivity index (χ4n) is 5.15. The zero-order valence-electron chi connectivity index (χ0n) is 24.8. The fourth-order valence-corrected chi connectivity index (χ4v) is 5.15. The zero-order chi connectivity index (χ0) is 30.2. The van der Waals surface area contributed by atoms with E-state index in [2.05, 4.69) is 18.7 Å². The highest BCUT2D eigenvalue weighted by Gasteiger charge is 2.46. The maximum Gasteiger partial charge on any atom is 0.295 e. The highest BCUT2D eigenvalue weighted by Crippen LogP contribution is 2.42. The van der Waals surface area contributed by atoms with E-state index in [0.717, 1.165) is 25.2 Å². The monoisotopic (exact) mass is 572 g/mol. The third kappa shape index (κ3) is 6.94. The molecule has 2 N–H and O–H groups in total. The molecule has 4 rings (SSSR count). The zero-order valence-corrected chi connectivity index (χ0v) is 24.8. The lowest BCUT2D eigenvalue weighted by Gasteiger charge is -2.27. The molecule has 1 aliphatic heterocycles. The van der Waals surface area contributed by atoms with Gasteiger partial charge in [0.05, 0.1) is 18.2 Å². The first-order valence-electron chi connectivity index (χ1n) is 14.5. The van der Waals surface area contributed by atoms with Crippen LogP contribution in [-0.2, 0) is 16.2 Å². The van der Waals surface area contributed by atoms with Gasteiger partial charge in [-0.15, -0.1) is 0 Å². The highest BCUT2D eigenvalue weighted by atomic mass is 16.5. The lowest BCUT2D eigenvalue weighted by Crippen LogP contribution is -2.33. The van der Waals surface area contributed by atoms with Gasteiger partial charge in [0.15, 0.2) is 11.5 Å². The van der Waals surface area contributed by atoms with Crippen LogP contribution in [0.1, 0.15) is 55.5 Å². The van der Waals surface area contributed by atoms with Gasteiger partial charge in [0.1, 0.15) is 18.1 Å². The van der Waals surface area contributed by atoms with Crippen LogP contribution in [-0.4, -0.2) is 64.5 Å². The molecular weight excluding hydrogens is 532 g/mol. The fraction of sp³-hybridized carbons (Fsp3) is 0.353. The molecule has 3 aromatic carbocycles. The number of aryl methyl sites for hydroxylation is 1. The van der Waals surface area contributed by atoms with Crippen LogP contribution >= 0.6 is 0 Å². The molecule has 1 unspecified atom stereocenters. The Morgan fingerprint density at radius 3 is 2.26 bits per heavy atom. The molecule has 222 valence electrons. The van der Waals surface area contributed by atoms with Gasteiger partial charge in [-0.1, -0.05) is 49.7 Å². The Balaban J connectivity index is 1.65. The number of Topliss-reactive ketones (excluding diaryl/α,β-unsaturated/α-hetero) is 1. The number of carbonyl (C=O) groups excluding carboxylic acids is 2. The number of likely N-dealkylation sites (tertiary alicyclic amines) is 1. The predicted molar refractivity (Wildman–Crippen MR) is 163 cm³/mol. The molecule has 42 heavy (non-hydrogen) atoms. The van der Waals surface area contributed by atoms with Crippen LogP contribution < -0.4 is 9.47 Å². The van der Waals surface area contributed by atoms with E-state index >= 15 is 0 Å². The Bertz CT molecular complexity index is 1410. The van der Waals surface area contributed by atoms with Crippen LogP contribution in [0.25, 0.3) is 5.76 Å². The number of aliphatic hydroxyl groups is 1. The number of hydrogen-bond donors (Lipinski definition) is 2. The summed E-state index contributed by atoms with van der Waals surface area (Å²) in [4.78, 5) is 30.5. The number of aliphatic hydroxyl groups excluding tert-OH is 1. The average Bonchev–Trinajstić information content (AvgIpc) is 3.25. The van der Waals surface area contributed by atoms with Gasteiger partial charge in [-0.05, 0) is 87.4 Å². The number of carbonyl (C=O) groups is 2. The first-order valence-corrected chi connectivity index (χ1v) is 14.5. The van der Waals surface area contributed by atoms with Crippen LogP contribution in [0.3, 0.4) is 0 Å². The van der Waals surface area contributed by atoms with E-state index in [1.807, 2.05) is 31.2 Å². The van der Waals surface area contributed by atoms with Gasteiger partial charge in [0, 0.05) is 12.1 Å². The van der Waals surface area contributed by atoms with Gasteiger partial charge in [-0.25, -0.2) is 0 Å². The molecule has 1 amide bonds. The van der Waals surface area contributed by atoms with Gasteiger partial charge < -0.3 is 29.5 Å². The van der Waals surface area contributed by atoms with Crippen molar-refractivity contribution >= 4 is 17.4 Å². The largest absolute Gasteiger partial charge is 0.507 e. The van der Waals surface area contributed by atoms with Crippen molar-refractivity contribution < 1.29 is 29.3 Å². The molecule has 8 nitrogen and oxygen atoms in total. The molecule has 0 aromatic heterocycles. The summed E-state index contributed by atoms with van der Waals surface area (Å²) in [5.74, 6) is -0.850. The second-order valence-corrected chi connectivity index (χ2v) is 10.3. The summed E-state index contributed by atoms with van der Waals surface area (Å²) in [5.41, 5.74) is 3.18. The molecule has 1 saturated heterocycles. The molecule has 0 radical (unpaired) electrons. The normalized spacial score (nSPS) is 16.3. The minimum atomic E-state index is -0.834. The van der Waals surface area contributed by atoms with Crippen LogP contribution in [0.2, 0.25) is 0 Å². The Labute approximate surface area is 247 Å². The van der Waals surface area contributed by atoms with Crippen molar-refractivity contribution in [2.75, 3.05) is 32.8 Å². The number of nitrogens with zero attached hydrogens (tertiary/aromatic N) is 2. The Morgan fingerprint density at radius 2 is 1.62 bits per heavy atom. The van der Waals surface area contributed by atoms with Crippen LogP contribution in [0, 0.1) is 6.92 Å². The van der Waals surface area contributed by atoms with E-state index in [1.54, 1.807) is 43.3 Å². The molecule has 0 aliphatic carbocycles. The third-order valence-corrected chi connectivity index (χ3v) is 7.56. The summed E-state index contributed by atoms with van der Waals surface area (Å²) in [6.07, 6.45) is 0.661. The van der Waals surface area contributed by atoms with E-state index in [9.17, 15) is 19.8 Å². The van der Waals surface area contributed by atoms with Gasteiger partial charge in [0.2, 0.25) is 0 Å². The van der Waals surface area contributed by atoms with Gasteiger partial charge in [0.25, 0.3) is 11.7 Å². The minimum absolute atomic E-state index is 0.00398. The number of ether oxygens (including phenoxy) is 2. The van der Waals surface area contributed by atoms with Crippen molar-refractivity contribution in [2.24, 2.45) is 0 Å². The first kappa shape index (κ1) is 30.7. The minimum Gasteiger partial charge on any atom is -0.507 e. The predicted octanol–water partition coefficient (Wildman–Crippen LogP) is 5.83. The summed E-state index contributed by atoms with van der Waals surface area (Å²) < 4.78 is 11.5. The number of hydrogen-bond acceptors (Lipinski definition) is 7. The van der Waals surface area contributed by atoms with Crippen molar-refractivity contribution in [2.45, 2.75) is 46.8 Å². The molecule has 1 atom stereocenters. The quantitative estimate of drug-likeness (QED) is 0.151. The molecule has 1 aliphatic rings. The summed E-state index contributed by atoms with van der Waals surface area (Å²) in [6.45, 7) is 11.6. The van der Waals surface area contributed by atoms with Gasteiger partial charge in [-0.2, -0.15) is 0 Å². The standard InChI is InChI=1S/C34H40N2O6/c1-5-35(6-2)19-8-20-36-31(26-15-18-28(37)29(21-26)41-7-3)30(33(39)34(36)40)32(38)25-13-16-27(17-14-25)42-22-24-11-9-23(4)10-12-24/h9-18,21,31,37-38H,5-8,19-20,22H2,1-4H3/b32-30-. The summed E-state index contributed by atoms with van der Waals surface area (Å²) >= 11 is 0. The lowest BCUT2D eigenvalue weighted by molar-refractivity contribution is -0.140. The number of benzene rings is 3. The SMILES string of the molecule is CCOc1cc(C2/C(=C(/O)c3ccc(OCc4ccc(C)cc4)cc3)C(=O)C(=O)N2CCCN(CC)CC)ccc1O. The maximum atomic E-state index is 13.4. The van der Waals surface area contributed by atoms with E-state index < -0.39 is 17.7 Å². The Kier molecular flexibility index (Phi) is 10.3. The Hall–Kier alpha value is -4.30. The molecular formula is C34H40N2O6. The first-order chi connectivity index (χ1) is 20.3. The lowest BCUT2D eigenvalue weighted by atomic mass is 9.95. The van der Waals surface area contributed by atoms with Crippen LogP contribution in [0.5, 0.6) is 17.2 Å². The van der Waals surface area contributed by atoms with E-state index in [0.29, 0.717) is 43.1 Å². The van der Waals surface area contributed by atoms with E-state index in [4.69, 9.17) is 9.47 Å². The molecule has 0 saturated carbocycles. The summed E-state index contributed by atoms with van der Waals surface area (Å²) in [6, 6.07) is 18.8. The highest BCUT2D eigenvalue weighted by molar-refractivity contribution is 6.46. The Morgan fingerprint density at radius 1 is 0.929 bits per heavy atom. The maximum absolute atomic E-state index is 13.4. The smallest absolute Gasteiger partial charge is 0.295 e. The molecule has 1 fully saturated rings. The van der Waals surface area contributed by atoms with Crippen LogP contribution in [0.15, 0.2) is 72.3 Å². The van der Waals surface area contributed by atoms with Gasteiger partial charge in [-0.3, -0.25) is 9.59 Å². The molecule has 1 heterocycles. The van der Waals surface area contributed by atoms with Crippen LogP contribution in [0.4, 0.5) is 0 Å². The number of amides is 1. The average molecular weight is 573 g/mol. The summed E-state index contributed by atoms with van der Waals surface area (Å²) in [7, 11) is 0. The van der Waals surface area contributed by atoms with E-state index in [1.165, 1.54) is 16.5 Å². The third-order valence-electron chi connectivity index (χ3n) is 7.56.